The number of ether oxygens (including phenoxy) is 4. The van der Waals surface area contributed by atoms with Gasteiger partial charge in [0.05, 0.1) is 26.4 Å². The Labute approximate surface area is 220 Å². The van der Waals surface area contributed by atoms with E-state index in [9.17, 15) is 19.2 Å². The zero-order valence-electron chi connectivity index (χ0n) is 22.2. The van der Waals surface area contributed by atoms with Gasteiger partial charge in [-0.2, -0.15) is 0 Å². The van der Waals surface area contributed by atoms with Crippen LogP contribution >= 0.6 is 0 Å². The van der Waals surface area contributed by atoms with Gasteiger partial charge in [0, 0.05) is 37.4 Å². The number of amides is 3. The van der Waals surface area contributed by atoms with Crippen molar-refractivity contribution >= 4 is 24.2 Å². The SMILES string of the molecule is CC(CCC(=O)OCCCOC(=O)NC1CCCCC1)NC(=O)OCCCOC(=O)NC1CCCCC1. The van der Waals surface area contributed by atoms with Crippen LogP contribution in [-0.2, 0) is 23.7 Å². The lowest BCUT2D eigenvalue weighted by molar-refractivity contribution is -0.144. The topological polar surface area (TPSA) is 141 Å². The summed E-state index contributed by atoms with van der Waals surface area (Å²) in [5, 5.41) is 8.39. The summed E-state index contributed by atoms with van der Waals surface area (Å²) < 4.78 is 20.5. The van der Waals surface area contributed by atoms with E-state index < -0.39 is 18.3 Å². The molecule has 2 saturated carbocycles. The van der Waals surface area contributed by atoms with E-state index >= 15 is 0 Å². The van der Waals surface area contributed by atoms with Gasteiger partial charge in [0.25, 0.3) is 0 Å². The smallest absolute Gasteiger partial charge is 0.407 e. The molecule has 1 unspecified atom stereocenters. The maximum Gasteiger partial charge on any atom is 0.407 e. The molecule has 1 atom stereocenters. The fourth-order valence-corrected chi connectivity index (χ4v) is 4.43. The molecule has 11 heteroatoms. The number of alkyl carbamates (subject to hydrolysis) is 3. The summed E-state index contributed by atoms with van der Waals surface area (Å²) in [7, 11) is 0. The first kappa shape index (κ1) is 30.5. The molecule has 0 aliphatic heterocycles. The van der Waals surface area contributed by atoms with Crippen molar-refractivity contribution in [2.45, 2.75) is 115 Å². The number of carbonyl (C=O) groups is 4. The number of rotatable bonds is 14. The van der Waals surface area contributed by atoms with Crippen LogP contribution in [-0.4, -0.2) is 68.8 Å². The molecule has 2 aliphatic carbocycles. The molecule has 0 spiro atoms. The summed E-state index contributed by atoms with van der Waals surface area (Å²) in [6.45, 7) is 2.42. The largest absolute Gasteiger partial charge is 0.466 e. The van der Waals surface area contributed by atoms with Crippen molar-refractivity contribution in [3.8, 4) is 0 Å². The van der Waals surface area contributed by atoms with Crippen LogP contribution in [0.3, 0.4) is 0 Å². The first-order valence-electron chi connectivity index (χ1n) is 13.9. The molecule has 0 radical (unpaired) electrons. The maximum atomic E-state index is 11.9. The maximum absolute atomic E-state index is 11.9. The van der Waals surface area contributed by atoms with Crippen molar-refractivity contribution in [1.82, 2.24) is 16.0 Å². The first-order chi connectivity index (χ1) is 17.9. The number of carbonyl (C=O) groups excluding carboxylic acids is 4. The average Bonchev–Trinajstić information content (AvgIpc) is 2.88. The second-order valence-electron chi connectivity index (χ2n) is 9.88. The van der Waals surface area contributed by atoms with Gasteiger partial charge in [-0.3, -0.25) is 4.79 Å². The Kier molecular flexibility index (Phi) is 15.3. The minimum absolute atomic E-state index is 0.123. The summed E-state index contributed by atoms with van der Waals surface area (Å²) >= 11 is 0. The molecule has 37 heavy (non-hydrogen) atoms. The second kappa shape index (κ2) is 18.5. The van der Waals surface area contributed by atoms with Gasteiger partial charge < -0.3 is 34.9 Å². The van der Waals surface area contributed by atoms with Gasteiger partial charge in [0.15, 0.2) is 0 Å². The Morgan fingerprint density at radius 2 is 1.08 bits per heavy atom. The van der Waals surface area contributed by atoms with Crippen molar-refractivity contribution in [2.75, 3.05) is 26.4 Å². The van der Waals surface area contributed by atoms with E-state index in [0.29, 0.717) is 19.3 Å². The van der Waals surface area contributed by atoms with E-state index in [0.717, 1.165) is 51.4 Å². The van der Waals surface area contributed by atoms with Crippen molar-refractivity contribution in [1.29, 1.82) is 0 Å². The predicted octanol–water partition coefficient (Wildman–Crippen LogP) is 4.32. The molecule has 0 aromatic rings. The third-order valence-electron chi connectivity index (χ3n) is 6.54. The van der Waals surface area contributed by atoms with Crippen LogP contribution in [0.15, 0.2) is 0 Å². The number of esters is 1. The van der Waals surface area contributed by atoms with Gasteiger partial charge in [0.2, 0.25) is 0 Å². The molecule has 3 amide bonds. The van der Waals surface area contributed by atoms with Crippen molar-refractivity contribution < 1.29 is 38.1 Å². The van der Waals surface area contributed by atoms with Gasteiger partial charge in [-0.25, -0.2) is 14.4 Å². The summed E-state index contributed by atoms with van der Waals surface area (Å²) in [6, 6.07) is 0.120. The molecule has 0 saturated heterocycles. The molecular weight excluding hydrogens is 482 g/mol. The van der Waals surface area contributed by atoms with Crippen LogP contribution in [0.1, 0.15) is 96.8 Å². The highest BCUT2D eigenvalue weighted by Gasteiger charge is 2.17. The molecule has 3 N–H and O–H groups in total. The average molecular weight is 528 g/mol. The van der Waals surface area contributed by atoms with Crippen LogP contribution in [0, 0.1) is 0 Å². The third-order valence-corrected chi connectivity index (χ3v) is 6.54. The standard InChI is InChI=1S/C26H45N3O8/c1-20(27-24(31)35-18-9-19-37-26(33)29-22-12-6-3-7-13-22)14-15-23(30)34-16-8-17-36-25(32)28-21-10-4-2-5-11-21/h20-22H,2-19H2,1H3,(H,27,31)(H,28,32)(H,29,33). The lowest BCUT2D eigenvalue weighted by Crippen LogP contribution is -2.37. The van der Waals surface area contributed by atoms with E-state index in [4.69, 9.17) is 18.9 Å². The van der Waals surface area contributed by atoms with E-state index in [1.165, 1.54) is 12.8 Å². The van der Waals surface area contributed by atoms with Crippen LogP contribution in [0.5, 0.6) is 0 Å². The normalized spacial score (nSPS) is 17.2. The number of hydrogen-bond donors (Lipinski definition) is 3. The first-order valence-corrected chi connectivity index (χ1v) is 13.9. The lowest BCUT2D eigenvalue weighted by atomic mass is 9.96. The summed E-state index contributed by atoms with van der Waals surface area (Å²) in [4.78, 5) is 47.3. The quantitative estimate of drug-likeness (QED) is 0.172. The molecule has 0 bridgehead atoms. The molecule has 0 aromatic heterocycles. The highest BCUT2D eigenvalue weighted by molar-refractivity contribution is 5.70. The summed E-state index contributed by atoms with van der Waals surface area (Å²) in [6.07, 6.45) is 10.9. The third kappa shape index (κ3) is 15.2. The van der Waals surface area contributed by atoms with E-state index in [1.807, 2.05) is 0 Å². The van der Waals surface area contributed by atoms with E-state index in [2.05, 4.69) is 16.0 Å². The van der Waals surface area contributed by atoms with Crippen LogP contribution in [0.4, 0.5) is 14.4 Å². The molecule has 2 fully saturated rings. The highest BCUT2D eigenvalue weighted by Crippen LogP contribution is 2.18. The lowest BCUT2D eigenvalue weighted by Gasteiger charge is -2.22. The number of hydrogen-bond acceptors (Lipinski definition) is 8. The zero-order chi connectivity index (χ0) is 26.7. The fourth-order valence-electron chi connectivity index (χ4n) is 4.43. The van der Waals surface area contributed by atoms with Crippen LogP contribution in [0.2, 0.25) is 0 Å². The van der Waals surface area contributed by atoms with Crippen molar-refractivity contribution in [3.05, 3.63) is 0 Å². The minimum atomic E-state index is -0.587. The Balaban J connectivity index is 1.39. The Bertz CT molecular complexity index is 693. The molecule has 11 nitrogen and oxygen atoms in total. The summed E-state index contributed by atoms with van der Waals surface area (Å²) in [5.41, 5.74) is 0. The minimum Gasteiger partial charge on any atom is -0.466 e. The van der Waals surface area contributed by atoms with Gasteiger partial charge in [-0.05, 0) is 39.0 Å². The van der Waals surface area contributed by atoms with E-state index in [1.54, 1.807) is 6.92 Å². The Morgan fingerprint density at radius 1 is 0.649 bits per heavy atom. The highest BCUT2D eigenvalue weighted by atomic mass is 16.6. The Hall–Kier alpha value is -2.72. The van der Waals surface area contributed by atoms with Crippen LogP contribution < -0.4 is 16.0 Å². The Morgan fingerprint density at radius 3 is 1.57 bits per heavy atom. The molecule has 0 heterocycles. The molecule has 2 rings (SSSR count). The van der Waals surface area contributed by atoms with Gasteiger partial charge in [-0.1, -0.05) is 38.5 Å². The molecule has 212 valence electrons. The molecular formula is C26H45N3O8. The monoisotopic (exact) mass is 527 g/mol. The van der Waals surface area contributed by atoms with Crippen LogP contribution in [0.25, 0.3) is 0 Å². The molecule has 2 aliphatic rings. The predicted molar refractivity (Wildman–Crippen MR) is 136 cm³/mol. The van der Waals surface area contributed by atoms with Crippen molar-refractivity contribution in [2.24, 2.45) is 0 Å². The van der Waals surface area contributed by atoms with E-state index in [-0.39, 0.29) is 56.9 Å². The van der Waals surface area contributed by atoms with Gasteiger partial charge in [-0.15, -0.1) is 0 Å². The fraction of sp³-hybridized carbons (Fsp3) is 0.846. The van der Waals surface area contributed by atoms with Crippen molar-refractivity contribution in [3.63, 3.8) is 0 Å². The number of nitrogens with one attached hydrogen (secondary N) is 3. The van der Waals surface area contributed by atoms with Gasteiger partial charge >= 0.3 is 24.2 Å². The second-order valence-corrected chi connectivity index (χ2v) is 9.88. The van der Waals surface area contributed by atoms with Gasteiger partial charge in [0.1, 0.15) is 0 Å². The zero-order valence-corrected chi connectivity index (χ0v) is 22.2. The molecule has 0 aromatic carbocycles. The summed E-state index contributed by atoms with van der Waals surface area (Å²) in [5.74, 6) is -0.377.